The number of carbonyl (C=O) groups excluding carboxylic acids is 2. The third-order valence-corrected chi connectivity index (χ3v) is 5.40. The standard InChI is InChI=1S/C22H24N2O3/c1-13(25)23-17-11-12-18(24-14-7-3-2-4-8-14)20-19(17)21(26)15-9-5-6-10-16(15)22(20)27/h5-6,9-14,23-25H,2-4,7-8H2,1H3. The number of nitrogens with one attached hydrogen (secondary N) is 2. The zero-order valence-corrected chi connectivity index (χ0v) is 15.4. The van der Waals surface area contributed by atoms with Gasteiger partial charge in [0.15, 0.2) is 11.6 Å². The number of hydrogen-bond donors (Lipinski definition) is 3. The van der Waals surface area contributed by atoms with Crippen LogP contribution in [0.3, 0.4) is 0 Å². The molecule has 0 spiro atoms. The Morgan fingerprint density at radius 2 is 1.44 bits per heavy atom. The number of carbonyl (C=O) groups is 2. The molecule has 27 heavy (non-hydrogen) atoms. The molecule has 2 aromatic rings. The molecule has 0 radical (unpaired) electrons. The minimum atomic E-state index is -0.827. The minimum absolute atomic E-state index is 0.146. The Hall–Kier alpha value is -2.66. The molecule has 2 aliphatic carbocycles. The molecule has 0 bridgehead atoms. The fourth-order valence-corrected chi connectivity index (χ4v) is 4.16. The lowest BCUT2D eigenvalue weighted by atomic mass is 9.82. The van der Waals surface area contributed by atoms with Crippen molar-refractivity contribution in [2.24, 2.45) is 0 Å². The summed E-state index contributed by atoms with van der Waals surface area (Å²) in [7, 11) is 0. The van der Waals surface area contributed by atoms with Gasteiger partial charge in [0.1, 0.15) is 6.23 Å². The molecule has 1 atom stereocenters. The maximum Gasteiger partial charge on any atom is 0.196 e. The molecule has 5 nitrogen and oxygen atoms in total. The van der Waals surface area contributed by atoms with Crippen molar-refractivity contribution >= 4 is 22.9 Å². The largest absolute Gasteiger partial charge is 0.382 e. The number of rotatable bonds is 4. The van der Waals surface area contributed by atoms with E-state index in [4.69, 9.17) is 0 Å². The number of aliphatic hydroxyl groups excluding tert-OH is 1. The van der Waals surface area contributed by atoms with Gasteiger partial charge >= 0.3 is 0 Å². The van der Waals surface area contributed by atoms with Gasteiger partial charge in [0, 0.05) is 28.5 Å². The minimum Gasteiger partial charge on any atom is -0.382 e. The van der Waals surface area contributed by atoms with E-state index in [0.717, 1.165) is 12.8 Å². The molecule has 1 fully saturated rings. The average Bonchev–Trinajstić information content (AvgIpc) is 2.67. The van der Waals surface area contributed by atoms with E-state index in [2.05, 4.69) is 10.6 Å². The molecule has 2 aliphatic rings. The lowest BCUT2D eigenvalue weighted by Gasteiger charge is -2.28. The van der Waals surface area contributed by atoms with Crippen LogP contribution in [0.15, 0.2) is 36.4 Å². The summed E-state index contributed by atoms with van der Waals surface area (Å²) in [4.78, 5) is 26.5. The molecule has 0 aromatic heterocycles. The Labute approximate surface area is 158 Å². The van der Waals surface area contributed by atoms with Gasteiger partial charge in [0.25, 0.3) is 0 Å². The maximum absolute atomic E-state index is 13.3. The first-order chi connectivity index (χ1) is 13.1. The summed E-state index contributed by atoms with van der Waals surface area (Å²) in [6.07, 6.45) is 4.92. The molecule has 2 aromatic carbocycles. The van der Waals surface area contributed by atoms with Gasteiger partial charge in [0.2, 0.25) is 0 Å². The van der Waals surface area contributed by atoms with E-state index in [-0.39, 0.29) is 11.6 Å². The smallest absolute Gasteiger partial charge is 0.196 e. The van der Waals surface area contributed by atoms with Crippen molar-refractivity contribution in [1.29, 1.82) is 0 Å². The molecule has 3 N–H and O–H groups in total. The third-order valence-electron chi connectivity index (χ3n) is 5.40. The lowest BCUT2D eigenvalue weighted by Crippen LogP contribution is -2.28. The molecule has 0 heterocycles. The van der Waals surface area contributed by atoms with Crippen LogP contribution in [-0.2, 0) is 0 Å². The zero-order chi connectivity index (χ0) is 19.0. The molecule has 0 saturated heterocycles. The molecule has 140 valence electrons. The quantitative estimate of drug-likeness (QED) is 0.611. The molecule has 4 rings (SSSR count). The molecular formula is C22H24N2O3. The van der Waals surface area contributed by atoms with E-state index in [0.29, 0.717) is 39.7 Å². The molecule has 0 amide bonds. The van der Waals surface area contributed by atoms with Gasteiger partial charge in [-0.25, -0.2) is 0 Å². The van der Waals surface area contributed by atoms with Crippen molar-refractivity contribution in [3.63, 3.8) is 0 Å². The van der Waals surface area contributed by atoms with Crippen molar-refractivity contribution in [2.75, 3.05) is 10.6 Å². The predicted molar refractivity (Wildman–Crippen MR) is 106 cm³/mol. The summed E-state index contributed by atoms with van der Waals surface area (Å²) >= 11 is 0. The first-order valence-electron chi connectivity index (χ1n) is 9.63. The fourth-order valence-electron chi connectivity index (χ4n) is 4.16. The van der Waals surface area contributed by atoms with E-state index in [9.17, 15) is 14.7 Å². The molecule has 5 heteroatoms. The maximum atomic E-state index is 13.3. The zero-order valence-electron chi connectivity index (χ0n) is 15.4. The summed E-state index contributed by atoms with van der Waals surface area (Å²) in [6, 6.07) is 10.9. The number of benzene rings is 2. The van der Waals surface area contributed by atoms with Crippen LogP contribution < -0.4 is 10.6 Å². The van der Waals surface area contributed by atoms with Crippen molar-refractivity contribution < 1.29 is 14.7 Å². The monoisotopic (exact) mass is 364 g/mol. The first kappa shape index (κ1) is 17.7. The Morgan fingerprint density at radius 1 is 0.889 bits per heavy atom. The first-order valence-corrected chi connectivity index (χ1v) is 9.63. The number of fused-ring (bicyclic) bond motifs is 2. The molecule has 1 unspecified atom stereocenters. The van der Waals surface area contributed by atoms with E-state index >= 15 is 0 Å². The van der Waals surface area contributed by atoms with Crippen molar-refractivity contribution in [1.82, 2.24) is 0 Å². The lowest BCUT2D eigenvalue weighted by molar-refractivity contribution is 0.0980. The Bertz CT molecular complexity index is 898. The third kappa shape index (κ3) is 3.23. The van der Waals surface area contributed by atoms with Crippen LogP contribution in [0, 0.1) is 0 Å². The predicted octanol–water partition coefficient (Wildman–Crippen LogP) is 3.96. The van der Waals surface area contributed by atoms with E-state index in [1.54, 1.807) is 37.3 Å². The van der Waals surface area contributed by atoms with Gasteiger partial charge in [-0.3, -0.25) is 9.59 Å². The van der Waals surface area contributed by atoms with Crippen LogP contribution >= 0.6 is 0 Å². The fraction of sp³-hybridized carbons (Fsp3) is 0.364. The van der Waals surface area contributed by atoms with Crippen LogP contribution in [-0.4, -0.2) is 28.9 Å². The molecule has 0 aliphatic heterocycles. The Morgan fingerprint density at radius 3 is 2.04 bits per heavy atom. The van der Waals surface area contributed by atoms with Gasteiger partial charge in [-0.1, -0.05) is 43.5 Å². The Kier molecular flexibility index (Phi) is 4.70. The highest BCUT2D eigenvalue weighted by atomic mass is 16.3. The number of hydrogen-bond acceptors (Lipinski definition) is 5. The number of ketones is 2. The van der Waals surface area contributed by atoms with Gasteiger partial charge in [-0.05, 0) is 31.9 Å². The summed E-state index contributed by atoms with van der Waals surface area (Å²) in [5.41, 5.74) is 2.81. The summed E-state index contributed by atoms with van der Waals surface area (Å²) < 4.78 is 0. The van der Waals surface area contributed by atoms with Crippen LogP contribution in [0.2, 0.25) is 0 Å². The SMILES string of the molecule is CC(O)Nc1ccc(NC2CCCCC2)c2c1C(=O)c1ccccc1C2=O. The van der Waals surface area contributed by atoms with Crippen LogP contribution in [0.25, 0.3) is 0 Å². The second-order valence-electron chi connectivity index (χ2n) is 7.41. The van der Waals surface area contributed by atoms with Crippen molar-refractivity contribution in [2.45, 2.75) is 51.3 Å². The summed E-state index contributed by atoms with van der Waals surface area (Å²) in [5, 5.41) is 16.2. The number of anilines is 2. The normalized spacial score (nSPS) is 17.9. The Balaban J connectivity index is 1.83. The summed E-state index contributed by atoms with van der Waals surface area (Å²) in [6.45, 7) is 1.59. The van der Waals surface area contributed by atoms with Gasteiger partial charge < -0.3 is 15.7 Å². The van der Waals surface area contributed by atoms with E-state index in [1.807, 2.05) is 6.07 Å². The molecule has 1 saturated carbocycles. The van der Waals surface area contributed by atoms with Crippen molar-refractivity contribution in [3.8, 4) is 0 Å². The number of aliphatic hydroxyl groups is 1. The van der Waals surface area contributed by atoms with Crippen LogP contribution in [0.4, 0.5) is 11.4 Å². The average molecular weight is 364 g/mol. The topological polar surface area (TPSA) is 78.4 Å². The van der Waals surface area contributed by atoms with Crippen LogP contribution in [0.1, 0.15) is 70.9 Å². The van der Waals surface area contributed by atoms with Crippen molar-refractivity contribution in [3.05, 3.63) is 58.7 Å². The van der Waals surface area contributed by atoms with Gasteiger partial charge in [-0.2, -0.15) is 0 Å². The van der Waals surface area contributed by atoms with E-state index < -0.39 is 6.23 Å². The van der Waals surface area contributed by atoms with Gasteiger partial charge in [0.05, 0.1) is 11.1 Å². The van der Waals surface area contributed by atoms with Gasteiger partial charge in [-0.15, -0.1) is 0 Å². The summed E-state index contributed by atoms with van der Waals surface area (Å²) in [5.74, 6) is -0.330. The highest BCUT2D eigenvalue weighted by Crippen LogP contribution is 2.37. The highest BCUT2D eigenvalue weighted by molar-refractivity contribution is 6.31. The second kappa shape index (κ2) is 7.16. The highest BCUT2D eigenvalue weighted by Gasteiger charge is 2.34. The molecular weight excluding hydrogens is 340 g/mol. The second-order valence-corrected chi connectivity index (χ2v) is 7.41. The van der Waals surface area contributed by atoms with E-state index in [1.165, 1.54) is 19.3 Å². The van der Waals surface area contributed by atoms with Crippen LogP contribution in [0.5, 0.6) is 0 Å².